The fourth-order valence-electron chi connectivity index (χ4n) is 2.15. The number of furan rings is 1. The van der Waals surface area contributed by atoms with E-state index in [0.717, 1.165) is 5.56 Å². The van der Waals surface area contributed by atoms with Gasteiger partial charge in [-0.25, -0.2) is 4.39 Å². The molecule has 0 saturated carbocycles. The van der Waals surface area contributed by atoms with Crippen molar-refractivity contribution in [1.29, 1.82) is 5.26 Å². The van der Waals surface area contributed by atoms with E-state index in [9.17, 15) is 4.39 Å². The number of fused-ring (bicyclic) bond motifs is 1. The fraction of sp³-hybridized carbons (Fsp3) is 0.0625. The molecule has 0 aliphatic carbocycles. The van der Waals surface area contributed by atoms with Crippen LogP contribution in [0.2, 0.25) is 0 Å². The molecule has 0 aliphatic rings. The first kappa shape index (κ1) is 12.9. The monoisotopic (exact) mass is 329 g/mol. The van der Waals surface area contributed by atoms with Crippen molar-refractivity contribution in [1.82, 2.24) is 0 Å². The predicted molar refractivity (Wildman–Crippen MR) is 79.0 cm³/mol. The zero-order chi connectivity index (χ0) is 14.1. The summed E-state index contributed by atoms with van der Waals surface area (Å²) in [6.07, 6.45) is 0. The minimum Gasteiger partial charge on any atom is -0.453 e. The van der Waals surface area contributed by atoms with E-state index < -0.39 is 5.82 Å². The van der Waals surface area contributed by atoms with Crippen LogP contribution >= 0.6 is 15.9 Å². The molecule has 20 heavy (non-hydrogen) atoms. The van der Waals surface area contributed by atoms with E-state index in [1.807, 2.05) is 6.07 Å². The van der Waals surface area contributed by atoms with Crippen molar-refractivity contribution in [2.24, 2.45) is 0 Å². The maximum atomic E-state index is 14.5. The highest BCUT2D eigenvalue weighted by Crippen LogP contribution is 2.34. The van der Waals surface area contributed by atoms with Gasteiger partial charge in [-0.15, -0.1) is 0 Å². The first-order valence-electron chi connectivity index (χ1n) is 6.01. The van der Waals surface area contributed by atoms with Crippen molar-refractivity contribution < 1.29 is 8.81 Å². The maximum absolute atomic E-state index is 14.5. The lowest BCUT2D eigenvalue weighted by Crippen LogP contribution is -1.84. The molecular weight excluding hydrogens is 321 g/mol. The lowest BCUT2D eigenvalue weighted by Gasteiger charge is -1.99. The highest BCUT2D eigenvalue weighted by Gasteiger charge is 2.18. The van der Waals surface area contributed by atoms with Gasteiger partial charge >= 0.3 is 0 Å². The molecule has 4 heteroatoms. The van der Waals surface area contributed by atoms with Crippen molar-refractivity contribution in [2.45, 2.75) is 5.33 Å². The number of rotatable bonds is 2. The van der Waals surface area contributed by atoms with Crippen LogP contribution in [0.3, 0.4) is 0 Å². The molecule has 0 unspecified atom stereocenters. The SMILES string of the molecule is N#Cc1ccccc1-c1oc2ccc(CBr)cc2c1F. The zero-order valence-electron chi connectivity index (χ0n) is 10.4. The summed E-state index contributed by atoms with van der Waals surface area (Å²) in [6, 6.07) is 14.3. The number of halogens is 2. The second-order valence-electron chi connectivity index (χ2n) is 4.37. The van der Waals surface area contributed by atoms with E-state index >= 15 is 0 Å². The largest absolute Gasteiger partial charge is 0.453 e. The van der Waals surface area contributed by atoms with E-state index in [2.05, 4.69) is 22.0 Å². The Balaban J connectivity index is 2.27. The molecule has 3 rings (SSSR count). The summed E-state index contributed by atoms with van der Waals surface area (Å²) < 4.78 is 20.1. The maximum Gasteiger partial charge on any atom is 0.177 e. The van der Waals surface area contributed by atoms with Crippen molar-refractivity contribution in [2.75, 3.05) is 0 Å². The standard InChI is InChI=1S/C16H9BrFNO/c17-8-10-5-6-14-13(7-10)15(18)16(20-14)12-4-2-1-3-11(12)9-19/h1-7H,8H2. The Hall–Kier alpha value is -2.12. The summed E-state index contributed by atoms with van der Waals surface area (Å²) in [5.41, 5.74) is 2.32. The molecule has 1 aromatic heterocycles. The van der Waals surface area contributed by atoms with Gasteiger partial charge in [0.1, 0.15) is 5.58 Å². The Bertz CT molecular complexity index is 832. The number of hydrogen-bond acceptors (Lipinski definition) is 2. The molecule has 3 aromatic rings. The number of hydrogen-bond donors (Lipinski definition) is 0. The van der Waals surface area contributed by atoms with Crippen molar-refractivity contribution in [3.63, 3.8) is 0 Å². The minimum absolute atomic E-state index is 0.115. The predicted octanol–water partition coefficient (Wildman–Crippen LogP) is 5.01. The van der Waals surface area contributed by atoms with Crippen LogP contribution in [0.15, 0.2) is 46.9 Å². The molecule has 0 bridgehead atoms. The summed E-state index contributed by atoms with van der Waals surface area (Å²) in [6.45, 7) is 0. The van der Waals surface area contributed by atoms with Crippen LogP contribution < -0.4 is 0 Å². The number of alkyl halides is 1. The van der Waals surface area contributed by atoms with Crippen LogP contribution in [0.5, 0.6) is 0 Å². The van der Waals surface area contributed by atoms with E-state index in [1.54, 1.807) is 36.4 Å². The van der Waals surface area contributed by atoms with Crippen molar-refractivity contribution in [3.8, 4) is 17.4 Å². The molecular formula is C16H9BrFNO. The Kier molecular flexibility index (Phi) is 3.29. The van der Waals surface area contributed by atoms with Gasteiger partial charge in [0.25, 0.3) is 0 Å². The van der Waals surface area contributed by atoms with Crippen LogP contribution in [0, 0.1) is 17.1 Å². The van der Waals surface area contributed by atoms with Crippen LogP contribution in [0.1, 0.15) is 11.1 Å². The first-order valence-corrected chi connectivity index (χ1v) is 7.13. The molecule has 0 fully saturated rings. The average Bonchev–Trinajstić information content (AvgIpc) is 2.83. The summed E-state index contributed by atoms with van der Waals surface area (Å²) in [5, 5.41) is 10.2. The summed E-state index contributed by atoms with van der Waals surface area (Å²) in [7, 11) is 0. The molecule has 0 saturated heterocycles. The molecule has 0 spiro atoms. The lowest BCUT2D eigenvalue weighted by atomic mass is 10.1. The van der Waals surface area contributed by atoms with Gasteiger partial charge in [-0.1, -0.05) is 34.1 Å². The van der Waals surface area contributed by atoms with Gasteiger partial charge in [-0.2, -0.15) is 5.26 Å². The molecule has 0 atom stereocenters. The molecule has 0 N–H and O–H groups in total. The highest BCUT2D eigenvalue weighted by molar-refractivity contribution is 9.08. The topological polar surface area (TPSA) is 36.9 Å². The van der Waals surface area contributed by atoms with Gasteiger partial charge in [0, 0.05) is 10.9 Å². The quantitative estimate of drug-likeness (QED) is 0.620. The molecule has 2 aromatic carbocycles. The normalized spacial score (nSPS) is 10.7. The van der Waals surface area contributed by atoms with Gasteiger partial charge in [0.05, 0.1) is 17.0 Å². The van der Waals surface area contributed by atoms with E-state index in [0.29, 0.717) is 27.4 Å². The third kappa shape index (κ3) is 2.00. The van der Waals surface area contributed by atoms with Gasteiger partial charge in [0.15, 0.2) is 11.6 Å². The summed E-state index contributed by atoms with van der Waals surface area (Å²) in [5.74, 6) is -0.311. The summed E-state index contributed by atoms with van der Waals surface area (Å²) in [4.78, 5) is 0. The number of benzene rings is 2. The Labute approximate surface area is 123 Å². The molecule has 1 heterocycles. The first-order chi connectivity index (χ1) is 9.74. The van der Waals surface area contributed by atoms with Crippen LogP contribution in [0.25, 0.3) is 22.3 Å². The molecule has 0 aliphatic heterocycles. The van der Waals surface area contributed by atoms with Gasteiger partial charge < -0.3 is 4.42 Å². The Morgan fingerprint density at radius 3 is 2.75 bits per heavy atom. The Morgan fingerprint density at radius 1 is 1.20 bits per heavy atom. The number of nitrogens with zero attached hydrogens (tertiary/aromatic N) is 1. The second-order valence-corrected chi connectivity index (χ2v) is 4.93. The molecule has 0 radical (unpaired) electrons. The lowest BCUT2D eigenvalue weighted by molar-refractivity contribution is 0.574. The van der Waals surface area contributed by atoms with Crippen molar-refractivity contribution in [3.05, 3.63) is 59.4 Å². The second kappa shape index (κ2) is 5.10. The van der Waals surface area contributed by atoms with Crippen LogP contribution in [0.4, 0.5) is 4.39 Å². The van der Waals surface area contributed by atoms with E-state index in [4.69, 9.17) is 9.68 Å². The molecule has 0 amide bonds. The third-order valence-corrected chi connectivity index (χ3v) is 3.79. The molecule has 2 nitrogen and oxygen atoms in total. The average molecular weight is 330 g/mol. The van der Waals surface area contributed by atoms with Crippen LogP contribution in [-0.4, -0.2) is 0 Å². The van der Waals surface area contributed by atoms with Gasteiger partial charge in [-0.05, 0) is 29.8 Å². The van der Waals surface area contributed by atoms with Crippen molar-refractivity contribution >= 4 is 26.9 Å². The van der Waals surface area contributed by atoms with Gasteiger partial charge in [0.2, 0.25) is 0 Å². The zero-order valence-corrected chi connectivity index (χ0v) is 11.9. The summed E-state index contributed by atoms with van der Waals surface area (Å²) >= 11 is 3.35. The molecule has 98 valence electrons. The fourth-order valence-corrected chi connectivity index (χ4v) is 2.50. The van der Waals surface area contributed by atoms with Crippen LogP contribution in [-0.2, 0) is 5.33 Å². The third-order valence-electron chi connectivity index (χ3n) is 3.14. The number of nitriles is 1. The Morgan fingerprint density at radius 2 is 2.00 bits per heavy atom. The minimum atomic E-state index is -0.425. The smallest absolute Gasteiger partial charge is 0.177 e. The van der Waals surface area contributed by atoms with Gasteiger partial charge in [-0.3, -0.25) is 0 Å². The highest BCUT2D eigenvalue weighted by atomic mass is 79.9. The van der Waals surface area contributed by atoms with E-state index in [1.165, 1.54) is 0 Å². The van der Waals surface area contributed by atoms with E-state index in [-0.39, 0.29) is 5.76 Å².